The summed E-state index contributed by atoms with van der Waals surface area (Å²) in [5.41, 5.74) is 9.04. The van der Waals surface area contributed by atoms with E-state index in [-0.39, 0.29) is 0 Å². The highest BCUT2D eigenvalue weighted by atomic mass is 35.6. The molecule has 0 heterocycles. The molecule has 0 aromatic heterocycles. The Kier molecular flexibility index (Phi) is 8.09. The molecule has 0 bridgehead atoms. The van der Waals surface area contributed by atoms with Crippen molar-refractivity contribution in [3.8, 4) is 0 Å². The maximum atomic E-state index is 9.62. The number of nitrogens with two attached hydrogens (primary N) is 1. The van der Waals surface area contributed by atoms with E-state index in [9.17, 15) is 4.79 Å². The quantitative estimate of drug-likeness (QED) is 0.647. The first kappa shape index (κ1) is 19.2. The molecule has 20 heavy (non-hydrogen) atoms. The van der Waals surface area contributed by atoms with Gasteiger partial charge in [0.1, 0.15) is 0 Å². The van der Waals surface area contributed by atoms with Gasteiger partial charge in [-0.3, -0.25) is 0 Å². The smallest absolute Gasteiger partial charge is 0.356 e. The standard InChI is InChI=1S/C11H18N2.C2HCl3O2/c1-4-13(5-2)10-6-7-11(12)9(3)8-10;3-2(4,5)1(6)7/h6-8H,4-5,12H2,1-3H3;(H,6,7). The largest absolute Gasteiger partial charge is 0.478 e. The van der Waals surface area contributed by atoms with Gasteiger partial charge in [-0.05, 0) is 44.5 Å². The number of hydrogen-bond donors (Lipinski definition) is 2. The molecule has 0 spiro atoms. The summed E-state index contributed by atoms with van der Waals surface area (Å²) in [6, 6.07) is 6.20. The Labute approximate surface area is 134 Å². The van der Waals surface area contributed by atoms with Crippen molar-refractivity contribution >= 4 is 52.1 Å². The third-order valence-corrected chi connectivity index (χ3v) is 3.11. The molecule has 1 rings (SSSR count). The zero-order valence-electron chi connectivity index (χ0n) is 11.7. The van der Waals surface area contributed by atoms with Gasteiger partial charge in [0.2, 0.25) is 0 Å². The van der Waals surface area contributed by atoms with Crippen LogP contribution in [0.4, 0.5) is 11.4 Å². The van der Waals surface area contributed by atoms with Gasteiger partial charge in [-0.1, -0.05) is 34.8 Å². The third-order valence-electron chi connectivity index (χ3n) is 2.62. The first-order chi connectivity index (χ1) is 9.13. The van der Waals surface area contributed by atoms with Gasteiger partial charge in [-0.25, -0.2) is 4.79 Å². The zero-order chi connectivity index (χ0) is 15.9. The normalized spacial score (nSPS) is 10.5. The van der Waals surface area contributed by atoms with E-state index in [1.807, 2.05) is 13.0 Å². The summed E-state index contributed by atoms with van der Waals surface area (Å²) >= 11 is 14.4. The van der Waals surface area contributed by atoms with Gasteiger partial charge in [0.05, 0.1) is 0 Å². The van der Waals surface area contributed by atoms with Crippen LogP contribution in [0.2, 0.25) is 0 Å². The average molecular weight is 342 g/mol. The Bertz CT molecular complexity index is 444. The molecule has 0 saturated heterocycles. The number of nitrogen functional groups attached to an aromatic ring is 1. The highest BCUT2D eigenvalue weighted by Gasteiger charge is 2.29. The van der Waals surface area contributed by atoms with Crippen molar-refractivity contribution in [2.24, 2.45) is 0 Å². The van der Waals surface area contributed by atoms with Crippen LogP contribution in [0.25, 0.3) is 0 Å². The van der Waals surface area contributed by atoms with E-state index in [0.717, 1.165) is 24.3 Å². The predicted molar refractivity (Wildman–Crippen MR) is 87.1 cm³/mol. The first-order valence-electron chi connectivity index (χ1n) is 6.04. The second-order valence-corrected chi connectivity index (χ2v) is 6.30. The fourth-order valence-electron chi connectivity index (χ4n) is 1.45. The molecule has 1 aromatic carbocycles. The van der Waals surface area contributed by atoms with Gasteiger partial charge in [0.25, 0.3) is 3.79 Å². The van der Waals surface area contributed by atoms with Gasteiger partial charge in [-0.2, -0.15) is 0 Å². The lowest BCUT2D eigenvalue weighted by atomic mass is 10.1. The van der Waals surface area contributed by atoms with Crippen molar-refractivity contribution in [2.45, 2.75) is 24.6 Å². The Hall–Kier alpha value is -0.840. The van der Waals surface area contributed by atoms with Crippen LogP contribution in [0.15, 0.2) is 18.2 Å². The fraction of sp³-hybridized carbons (Fsp3) is 0.462. The number of alkyl halides is 3. The van der Waals surface area contributed by atoms with Crippen molar-refractivity contribution < 1.29 is 9.90 Å². The molecule has 114 valence electrons. The second-order valence-electron chi connectivity index (χ2n) is 4.02. The molecule has 0 aliphatic carbocycles. The van der Waals surface area contributed by atoms with Gasteiger partial charge in [0, 0.05) is 24.5 Å². The van der Waals surface area contributed by atoms with E-state index in [0.29, 0.717) is 0 Å². The Morgan fingerprint density at radius 1 is 1.30 bits per heavy atom. The van der Waals surface area contributed by atoms with Crippen LogP contribution in [-0.4, -0.2) is 28.0 Å². The molecule has 0 fully saturated rings. The van der Waals surface area contributed by atoms with E-state index < -0.39 is 9.76 Å². The summed E-state index contributed by atoms with van der Waals surface area (Å²) in [5.74, 6) is -1.46. The minimum atomic E-state index is -2.17. The minimum Gasteiger partial charge on any atom is -0.478 e. The van der Waals surface area contributed by atoms with Gasteiger partial charge in [0.15, 0.2) is 0 Å². The number of carbonyl (C=O) groups is 1. The van der Waals surface area contributed by atoms with Gasteiger partial charge >= 0.3 is 5.97 Å². The monoisotopic (exact) mass is 340 g/mol. The summed E-state index contributed by atoms with van der Waals surface area (Å²) in [5, 5.41) is 7.85. The second kappa shape index (κ2) is 8.45. The molecule has 4 nitrogen and oxygen atoms in total. The van der Waals surface area contributed by atoms with E-state index in [2.05, 4.69) is 30.9 Å². The van der Waals surface area contributed by atoms with Crippen molar-refractivity contribution in [3.05, 3.63) is 23.8 Å². The van der Waals surface area contributed by atoms with Crippen LogP contribution in [0, 0.1) is 6.92 Å². The lowest BCUT2D eigenvalue weighted by molar-refractivity contribution is -0.135. The average Bonchev–Trinajstić information content (AvgIpc) is 2.34. The minimum absolute atomic E-state index is 0.871. The van der Waals surface area contributed by atoms with Crippen molar-refractivity contribution in [2.75, 3.05) is 23.7 Å². The van der Waals surface area contributed by atoms with Crippen LogP contribution in [-0.2, 0) is 4.79 Å². The Morgan fingerprint density at radius 2 is 1.75 bits per heavy atom. The highest BCUT2D eigenvalue weighted by molar-refractivity contribution is 6.75. The number of rotatable bonds is 3. The topological polar surface area (TPSA) is 66.6 Å². The molecule has 0 saturated carbocycles. The molecule has 0 radical (unpaired) electrons. The lowest BCUT2D eigenvalue weighted by Crippen LogP contribution is -2.21. The maximum Gasteiger partial charge on any atom is 0.356 e. The predicted octanol–water partition coefficient (Wildman–Crippen LogP) is 3.86. The summed E-state index contributed by atoms with van der Waals surface area (Å²) in [6.07, 6.45) is 0. The summed E-state index contributed by atoms with van der Waals surface area (Å²) in [7, 11) is 0. The molecule has 0 aliphatic rings. The number of benzene rings is 1. The molecule has 1 aromatic rings. The third kappa shape index (κ3) is 6.55. The molecule has 0 unspecified atom stereocenters. The van der Waals surface area contributed by atoms with Crippen LogP contribution in [0.5, 0.6) is 0 Å². The van der Waals surface area contributed by atoms with Crippen LogP contribution in [0.3, 0.4) is 0 Å². The van der Waals surface area contributed by atoms with Crippen LogP contribution in [0.1, 0.15) is 19.4 Å². The van der Waals surface area contributed by atoms with E-state index >= 15 is 0 Å². The van der Waals surface area contributed by atoms with Gasteiger partial charge in [-0.15, -0.1) is 0 Å². The molecule has 7 heteroatoms. The number of hydrogen-bond acceptors (Lipinski definition) is 3. The number of aliphatic carboxylic acids is 1. The highest BCUT2D eigenvalue weighted by Crippen LogP contribution is 2.25. The van der Waals surface area contributed by atoms with Crippen LogP contribution < -0.4 is 10.6 Å². The summed E-state index contributed by atoms with van der Waals surface area (Å²) < 4.78 is -2.17. The lowest BCUT2D eigenvalue weighted by Gasteiger charge is -2.21. The first-order valence-corrected chi connectivity index (χ1v) is 7.18. The molecular formula is C13H19Cl3N2O2. The zero-order valence-corrected chi connectivity index (χ0v) is 13.9. The van der Waals surface area contributed by atoms with Gasteiger partial charge < -0.3 is 15.7 Å². The summed E-state index contributed by atoms with van der Waals surface area (Å²) in [6.45, 7) is 8.45. The van der Waals surface area contributed by atoms with Crippen molar-refractivity contribution in [3.63, 3.8) is 0 Å². The Morgan fingerprint density at radius 3 is 2.05 bits per heavy atom. The fourth-order valence-corrected chi connectivity index (χ4v) is 1.45. The molecule has 3 N–H and O–H groups in total. The van der Waals surface area contributed by atoms with Crippen molar-refractivity contribution in [1.82, 2.24) is 0 Å². The molecule has 0 amide bonds. The number of carboxylic acids is 1. The van der Waals surface area contributed by atoms with E-state index in [4.69, 9.17) is 45.6 Å². The number of carboxylic acid groups (broad SMARTS) is 1. The molecule has 0 atom stereocenters. The number of nitrogens with zero attached hydrogens (tertiary/aromatic N) is 1. The number of anilines is 2. The Balaban J connectivity index is 0.000000441. The molecule has 0 aliphatic heterocycles. The number of aryl methyl sites for hydroxylation is 1. The maximum absolute atomic E-state index is 9.62. The number of halogens is 3. The van der Waals surface area contributed by atoms with Crippen LogP contribution >= 0.6 is 34.8 Å². The molecular weight excluding hydrogens is 323 g/mol. The van der Waals surface area contributed by atoms with Crippen molar-refractivity contribution in [1.29, 1.82) is 0 Å². The summed E-state index contributed by atoms with van der Waals surface area (Å²) in [4.78, 5) is 11.9. The van der Waals surface area contributed by atoms with E-state index in [1.54, 1.807) is 0 Å². The van der Waals surface area contributed by atoms with E-state index in [1.165, 1.54) is 5.69 Å². The SMILES string of the molecule is CCN(CC)c1ccc(N)c(C)c1.O=C(O)C(Cl)(Cl)Cl.